The van der Waals surface area contributed by atoms with Gasteiger partial charge in [-0.2, -0.15) is 0 Å². The van der Waals surface area contributed by atoms with Gasteiger partial charge >= 0.3 is 6.03 Å². The molecule has 0 bridgehead atoms. The molecule has 0 aliphatic rings. The number of carbonyl (C=O) groups is 1. The number of nitrogens with zero attached hydrogens (tertiary/aromatic N) is 2. The fourth-order valence-electron chi connectivity index (χ4n) is 1.99. The van der Waals surface area contributed by atoms with Crippen LogP contribution in [0.4, 0.5) is 4.79 Å². The highest BCUT2D eigenvalue weighted by Crippen LogP contribution is 2.07. The Hall–Kier alpha value is -0.770. The lowest BCUT2D eigenvalue weighted by atomic mass is 10.0. The van der Waals surface area contributed by atoms with Gasteiger partial charge in [0.2, 0.25) is 0 Å². The first-order chi connectivity index (χ1) is 9.22. The van der Waals surface area contributed by atoms with Crippen molar-refractivity contribution in [1.29, 1.82) is 0 Å². The first-order valence-electron chi connectivity index (χ1n) is 7.92. The topological polar surface area (TPSA) is 35.6 Å². The second-order valence-electron chi connectivity index (χ2n) is 6.96. The molecule has 0 spiro atoms. The Morgan fingerprint density at radius 3 is 2.00 bits per heavy atom. The van der Waals surface area contributed by atoms with E-state index in [0.717, 1.165) is 32.5 Å². The zero-order valence-corrected chi connectivity index (χ0v) is 14.6. The molecule has 0 saturated heterocycles. The van der Waals surface area contributed by atoms with Gasteiger partial charge in [-0.3, -0.25) is 0 Å². The lowest BCUT2D eigenvalue weighted by Gasteiger charge is -2.28. The van der Waals surface area contributed by atoms with Crippen LogP contribution in [-0.4, -0.2) is 55.6 Å². The number of urea groups is 1. The molecule has 20 heavy (non-hydrogen) atoms. The summed E-state index contributed by atoms with van der Waals surface area (Å²) in [7, 11) is 4.08. The van der Waals surface area contributed by atoms with Gasteiger partial charge in [-0.15, -0.1) is 0 Å². The molecule has 0 aromatic heterocycles. The van der Waals surface area contributed by atoms with E-state index in [4.69, 9.17) is 0 Å². The standard InChI is InChI=1S/C16H35N3O/c1-13(2)8-9-15(5)17-16(20)19(12-14(3)4)11-10-18(6)7/h13-15H,8-12H2,1-7H3,(H,17,20). The van der Waals surface area contributed by atoms with Crippen LogP contribution >= 0.6 is 0 Å². The lowest BCUT2D eigenvalue weighted by Crippen LogP contribution is -2.47. The van der Waals surface area contributed by atoms with Crippen LogP contribution in [-0.2, 0) is 0 Å². The van der Waals surface area contributed by atoms with Crippen LogP contribution in [0.2, 0.25) is 0 Å². The molecular formula is C16H35N3O. The summed E-state index contributed by atoms with van der Waals surface area (Å²) >= 11 is 0. The summed E-state index contributed by atoms with van der Waals surface area (Å²) < 4.78 is 0. The normalized spacial score (nSPS) is 13.1. The number of likely N-dealkylation sites (N-methyl/N-ethyl adjacent to an activating group) is 1. The van der Waals surface area contributed by atoms with Crippen molar-refractivity contribution in [2.24, 2.45) is 11.8 Å². The van der Waals surface area contributed by atoms with Crippen molar-refractivity contribution in [2.75, 3.05) is 33.7 Å². The van der Waals surface area contributed by atoms with Crippen LogP contribution in [0.25, 0.3) is 0 Å². The molecule has 0 aliphatic carbocycles. The van der Waals surface area contributed by atoms with Crippen LogP contribution in [0, 0.1) is 11.8 Å². The molecule has 0 rings (SSSR count). The Balaban J connectivity index is 4.30. The molecule has 1 unspecified atom stereocenters. The molecule has 0 aromatic carbocycles. The largest absolute Gasteiger partial charge is 0.336 e. The van der Waals surface area contributed by atoms with E-state index in [1.165, 1.54) is 0 Å². The van der Waals surface area contributed by atoms with E-state index in [1.54, 1.807) is 0 Å². The minimum absolute atomic E-state index is 0.0804. The van der Waals surface area contributed by atoms with Gasteiger partial charge in [0.05, 0.1) is 0 Å². The van der Waals surface area contributed by atoms with E-state index in [0.29, 0.717) is 11.8 Å². The quantitative estimate of drug-likeness (QED) is 0.707. The highest BCUT2D eigenvalue weighted by Gasteiger charge is 2.17. The lowest BCUT2D eigenvalue weighted by molar-refractivity contribution is 0.180. The maximum Gasteiger partial charge on any atom is 0.317 e. The predicted octanol–water partition coefficient (Wildman–Crippen LogP) is 3.04. The van der Waals surface area contributed by atoms with Gasteiger partial charge in [0.25, 0.3) is 0 Å². The Bertz CT molecular complexity index is 264. The zero-order chi connectivity index (χ0) is 15.7. The third-order valence-electron chi connectivity index (χ3n) is 3.24. The molecule has 0 fully saturated rings. The van der Waals surface area contributed by atoms with Gasteiger partial charge < -0.3 is 15.1 Å². The van der Waals surface area contributed by atoms with Gasteiger partial charge in [0.1, 0.15) is 0 Å². The number of nitrogens with one attached hydrogen (secondary N) is 1. The maximum atomic E-state index is 12.3. The summed E-state index contributed by atoms with van der Waals surface area (Å²) in [5.41, 5.74) is 0. The highest BCUT2D eigenvalue weighted by atomic mass is 16.2. The molecule has 4 heteroatoms. The monoisotopic (exact) mass is 285 g/mol. The summed E-state index contributed by atoms with van der Waals surface area (Å²) in [5, 5.41) is 3.13. The molecule has 2 amide bonds. The van der Waals surface area contributed by atoms with Crippen molar-refractivity contribution in [3.8, 4) is 0 Å². The second-order valence-corrected chi connectivity index (χ2v) is 6.96. The SMILES string of the molecule is CC(C)CCC(C)NC(=O)N(CCN(C)C)CC(C)C. The third kappa shape index (κ3) is 10.1. The third-order valence-corrected chi connectivity index (χ3v) is 3.24. The Morgan fingerprint density at radius 2 is 1.55 bits per heavy atom. The van der Waals surface area contributed by atoms with Crippen molar-refractivity contribution in [3.05, 3.63) is 0 Å². The number of rotatable bonds is 9. The number of hydrogen-bond donors (Lipinski definition) is 1. The average molecular weight is 285 g/mol. The second kappa shape index (κ2) is 10.0. The van der Waals surface area contributed by atoms with Crippen molar-refractivity contribution >= 4 is 6.03 Å². The van der Waals surface area contributed by atoms with Crippen molar-refractivity contribution < 1.29 is 4.79 Å². The van der Waals surface area contributed by atoms with Gasteiger partial charge in [0, 0.05) is 25.7 Å². The molecule has 0 aromatic rings. The molecule has 4 nitrogen and oxygen atoms in total. The highest BCUT2D eigenvalue weighted by molar-refractivity contribution is 5.74. The zero-order valence-electron chi connectivity index (χ0n) is 14.6. The molecule has 0 saturated carbocycles. The minimum Gasteiger partial charge on any atom is -0.336 e. The summed E-state index contributed by atoms with van der Waals surface area (Å²) in [6, 6.07) is 0.329. The van der Waals surface area contributed by atoms with E-state index in [1.807, 2.05) is 19.0 Å². The maximum absolute atomic E-state index is 12.3. The van der Waals surface area contributed by atoms with E-state index >= 15 is 0 Å². The summed E-state index contributed by atoms with van der Waals surface area (Å²) in [5.74, 6) is 1.18. The molecular weight excluding hydrogens is 250 g/mol. The van der Waals surface area contributed by atoms with Gasteiger partial charge in [-0.05, 0) is 45.7 Å². The van der Waals surface area contributed by atoms with E-state index in [2.05, 4.69) is 44.8 Å². The Morgan fingerprint density at radius 1 is 0.950 bits per heavy atom. The van der Waals surface area contributed by atoms with E-state index in [9.17, 15) is 4.79 Å². The van der Waals surface area contributed by atoms with E-state index in [-0.39, 0.29) is 12.1 Å². The van der Waals surface area contributed by atoms with Crippen molar-refractivity contribution in [2.45, 2.75) is 53.5 Å². The molecule has 1 N–H and O–H groups in total. The fraction of sp³-hybridized carbons (Fsp3) is 0.938. The van der Waals surface area contributed by atoms with Crippen LogP contribution in [0.5, 0.6) is 0 Å². The van der Waals surface area contributed by atoms with Gasteiger partial charge in [-0.1, -0.05) is 27.7 Å². The first kappa shape index (κ1) is 19.2. The number of hydrogen-bond acceptors (Lipinski definition) is 2. The van der Waals surface area contributed by atoms with Crippen LogP contribution in [0.3, 0.4) is 0 Å². The van der Waals surface area contributed by atoms with E-state index < -0.39 is 0 Å². The van der Waals surface area contributed by atoms with Crippen molar-refractivity contribution in [1.82, 2.24) is 15.1 Å². The van der Waals surface area contributed by atoms with Crippen LogP contribution in [0.15, 0.2) is 0 Å². The van der Waals surface area contributed by atoms with Crippen molar-refractivity contribution in [3.63, 3.8) is 0 Å². The number of amides is 2. The summed E-state index contributed by atoms with van der Waals surface area (Å²) in [6.07, 6.45) is 2.20. The first-order valence-corrected chi connectivity index (χ1v) is 7.92. The summed E-state index contributed by atoms with van der Waals surface area (Å²) in [6.45, 7) is 13.3. The Kier molecular flexibility index (Phi) is 9.64. The molecule has 1 atom stereocenters. The molecule has 120 valence electrons. The Labute approximate surface area is 125 Å². The minimum atomic E-state index is 0.0804. The fourth-order valence-corrected chi connectivity index (χ4v) is 1.99. The van der Waals surface area contributed by atoms with Gasteiger partial charge in [-0.25, -0.2) is 4.79 Å². The molecule has 0 aliphatic heterocycles. The van der Waals surface area contributed by atoms with Crippen LogP contribution in [0.1, 0.15) is 47.5 Å². The average Bonchev–Trinajstić information content (AvgIpc) is 2.31. The molecule has 0 radical (unpaired) electrons. The van der Waals surface area contributed by atoms with Gasteiger partial charge in [0.15, 0.2) is 0 Å². The predicted molar refractivity (Wildman–Crippen MR) is 87.0 cm³/mol. The number of carbonyl (C=O) groups excluding carboxylic acids is 1. The summed E-state index contributed by atoms with van der Waals surface area (Å²) in [4.78, 5) is 16.4. The smallest absolute Gasteiger partial charge is 0.317 e. The molecule has 0 heterocycles. The van der Waals surface area contributed by atoms with Crippen LogP contribution < -0.4 is 5.32 Å².